The average molecular weight is 366 g/mol. The van der Waals surface area contributed by atoms with Crippen molar-refractivity contribution >= 4 is 23.1 Å². The van der Waals surface area contributed by atoms with Crippen LogP contribution in [0.15, 0.2) is 48.2 Å². The Kier molecular flexibility index (Phi) is 5.16. The number of nitrogens with one attached hydrogen (secondary N) is 1. The fraction of sp³-hybridized carbons (Fsp3) is 0.238. The third-order valence-electron chi connectivity index (χ3n) is 4.59. The third kappa shape index (κ3) is 3.38. The molecule has 140 valence electrons. The molecule has 2 amide bonds. The highest BCUT2D eigenvalue weighted by atomic mass is 16.5. The van der Waals surface area contributed by atoms with Gasteiger partial charge in [0.2, 0.25) is 0 Å². The lowest BCUT2D eigenvalue weighted by Crippen LogP contribution is -2.27. The monoisotopic (exact) mass is 366 g/mol. The van der Waals surface area contributed by atoms with Gasteiger partial charge in [0.25, 0.3) is 11.8 Å². The lowest BCUT2D eigenvalue weighted by Gasteiger charge is -2.11. The van der Waals surface area contributed by atoms with E-state index in [4.69, 9.17) is 9.47 Å². The van der Waals surface area contributed by atoms with Gasteiger partial charge in [0.15, 0.2) is 11.5 Å². The van der Waals surface area contributed by atoms with E-state index in [0.29, 0.717) is 22.6 Å². The Morgan fingerprint density at radius 3 is 2.19 bits per heavy atom. The van der Waals surface area contributed by atoms with Gasteiger partial charge in [-0.2, -0.15) is 0 Å². The zero-order valence-corrected chi connectivity index (χ0v) is 15.8. The minimum atomic E-state index is -0.371. The molecule has 0 radical (unpaired) electrons. The molecule has 1 heterocycles. The largest absolute Gasteiger partial charge is 0.493 e. The van der Waals surface area contributed by atoms with Crippen molar-refractivity contribution in [1.82, 2.24) is 4.90 Å². The smallest absolute Gasteiger partial charge is 0.277 e. The maximum atomic E-state index is 12.7. The number of anilines is 1. The highest BCUT2D eigenvalue weighted by molar-refractivity contribution is 6.36. The Morgan fingerprint density at radius 2 is 1.59 bits per heavy atom. The SMILES string of the molecule is CCc1ccc(NC2=C(c3ccc(OC)c(OC)c3)C(=O)N(C)C2=O)cc1. The summed E-state index contributed by atoms with van der Waals surface area (Å²) >= 11 is 0. The van der Waals surface area contributed by atoms with Gasteiger partial charge in [-0.1, -0.05) is 25.1 Å². The third-order valence-corrected chi connectivity index (χ3v) is 4.59. The highest BCUT2D eigenvalue weighted by Crippen LogP contribution is 2.35. The van der Waals surface area contributed by atoms with Crippen molar-refractivity contribution in [1.29, 1.82) is 0 Å². The Morgan fingerprint density at radius 1 is 0.926 bits per heavy atom. The first kappa shape index (κ1) is 18.5. The van der Waals surface area contributed by atoms with Crippen molar-refractivity contribution in [2.45, 2.75) is 13.3 Å². The molecule has 0 bridgehead atoms. The predicted molar refractivity (Wildman–Crippen MR) is 104 cm³/mol. The summed E-state index contributed by atoms with van der Waals surface area (Å²) in [6.07, 6.45) is 0.931. The molecule has 3 rings (SSSR count). The zero-order chi connectivity index (χ0) is 19.6. The first-order chi connectivity index (χ1) is 13.0. The number of hydrogen-bond donors (Lipinski definition) is 1. The molecule has 1 aliphatic rings. The summed E-state index contributed by atoms with van der Waals surface area (Å²) in [7, 11) is 4.54. The van der Waals surface area contributed by atoms with E-state index in [1.807, 2.05) is 24.3 Å². The molecule has 0 aromatic heterocycles. The second-order valence-corrected chi connectivity index (χ2v) is 6.16. The van der Waals surface area contributed by atoms with Crippen LogP contribution in [0.1, 0.15) is 18.1 Å². The van der Waals surface area contributed by atoms with Gasteiger partial charge in [0, 0.05) is 12.7 Å². The van der Waals surface area contributed by atoms with Crippen LogP contribution in [-0.4, -0.2) is 38.0 Å². The maximum Gasteiger partial charge on any atom is 0.277 e. The van der Waals surface area contributed by atoms with Crippen molar-refractivity contribution in [3.8, 4) is 11.5 Å². The molecule has 1 N–H and O–H groups in total. The molecule has 27 heavy (non-hydrogen) atoms. The number of amides is 2. The van der Waals surface area contributed by atoms with Crippen LogP contribution in [0.25, 0.3) is 5.57 Å². The Balaban J connectivity index is 2.06. The molecule has 2 aromatic carbocycles. The van der Waals surface area contributed by atoms with Crippen LogP contribution in [0, 0.1) is 0 Å². The number of benzene rings is 2. The molecule has 2 aromatic rings. The number of methoxy groups -OCH3 is 2. The number of aryl methyl sites for hydroxylation is 1. The summed E-state index contributed by atoms with van der Waals surface area (Å²) < 4.78 is 10.6. The van der Waals surface area contributed by atoms with Gasteiger partial charge in [0.05, 0.1) is 19.8 Å². The van der Waals surface area contributed by atoms with Crippen LogP contribution in [0.5, 0.6) is 11.5 Å². The molecule has 0 spiro atoms. The van der Waals surface area contributed by atoms with Gasteiger partial charge < -0.3 is 14.8 Å². The van der Waals surface area contributed by atoms with Crippen LogP contribution in [0.3, 0.4) is 0 Å². The van der Waals surface area contributed by atoms with Gasteiger partial charge in [-0.25, -0.2) is 0 Å². The van der Waals surface area contributed by atoms with Gasteiger partial charge in [-0.3, -0.25) is 14.5 Å². The van der Waals surface area contributed by atoms with Crippen LogP contribution >= 0.6 is 0 Å². The molecule has 0 unspecified atom stereocenters. The Hall–Kier alpha value is -3.28. The van der Waals surface area contributed by atoms with E-state index < -0.39 is 0 Å². The van der Waals surface area contributed by atoms with E-state index in [2.05, 4.69) is 12.2 Å². The number of ether oxygens (including phenoxy) is 2. The average Bonchev–Trinajstić information content (AvgIpc) is 2.91. The summed E-state index contributed by atoms with van der Waals surface area (Å²) in [6.45, 7) is 2.08. The molecular formula is C21H22N2O4. The van der Waals surface area contributed by atoms with Crippen molar-refractivity contribution < 1.29 is 19.1 Å². The summed E-state index contributed by atoms with van der Waals surface area (Å²) in [5.41, 5.74) is 3.09. The Labute approximate surface area is 158 Å². The highest BCUT2D eigenvalue weighted by Gasteiger charge is 2.37. The first-order valence-corrected chi connectivity index (χ1v) is 8.65. The first-order valence-electron chi connectivity index (χ1n) is 8.65. The number of hydrogen-bond acceptors (Lipinski definition) is 5. The van der Waals surface area contributed by atoms with Crippen molar-refractivity contribution in [2.75, 3.05) is 26.6 Å². The number of carbonyl (C=O) groups is 2. The van der Waals surface area contributed by atoms with Crippen molar-refractivity contribution in [2.24, 2.45) is 0 Å². The van der Waals surface area contributed by atoms with Gasteiger partial charge in [-0.15, -0.1) is 0 Å². The molecule has 0 saturated heterocycles. The van der Waals surface area contributed by atoms with Crippen LogP contribution in [0.2, 0.25) is 0 Å². The van der Waals surface area contributed by atoms with Crippen LogP contribution < -0.4 is 14.8 Å². The van der Waals surface area contributed by atoms with Gasteiger partial charge in [-0.05, 0) is 41.8 Å². The topological polar surface area (TPSA) is 67.9 Å². The minimum absolute atomic E-state index is 0.249. The molecule has 0 aliphatic carbocycles. The zero-order valence-electron chi connectivity index (χ0n) is 15.8. The second-order valence-electron chi connectivity index (χ2n) is 6.16. The molecule has 1 aliphatic heterocycles. The van der Waals surface area contributed by atoms with E-state index >= 15 is 0 Å². The number of rotatable bonds is 6. The molecular weight excluding hydrogens is 344 g/mol. The van der Waals surface area contributed by atoms with Crippen LogP contribution in [0.4, 0.5) is 5.69 Å². The normalized spacial score (nSPS) is 14.0. The minimum Gasteiger partial charge on any atom is -0.493 e. The number of carbonyl (C=O) groups excluding carboxylic acids is 2. The predicted octanol–water partition coefficient (Wildman–Crippen LogP) is 3.09. The standard InChI is InChI=1S/C21H22N2O4/c1-5-13-6-9-15(10-7-13)22-19-18(20(24)23(2)21(19)25)14-8-11-16(26-3)17(12-14)27-4/h6-12,22H,5H2,1-4H3. The van der Waals surface area contributed by atoms with E-state index in [9.17, 15) is 9.59 Å². The molecule has 0 saturated carbocycles. The summed E-state index contributed by atoms with van der Waals surface area (Å²) in [4.78, 5) is 26.4. The quantitative estimate of drug-likeness (QED) is 0.796. The number of imide groups is 1. The van der Waals surface area contributed by atoms with E-state index in [0.717, 1.165) is 17.0 Å². The summed E-state index contributed by atoms with van der Waals surface area (Å²) in [5.74, 6) is 0.310. The van der Waals surface area contributed by atoms with Crippen molar-refractivity contribution in [3.05, 3.63) is 59.3 Å². The van der Waals surface area contributed by atoms with E-state index in [1.165, 1.54) is 19.7 Å². The van der Waals surface area contributed by atoms with Crippen LogP contribution in [-0.2, 0) is 16.0 Å². The fourth-order valence-corrected chi connectivity index (χ4v) is 2.99. The van der Waals surface area contributed by atoms with E-state index in [-0.39, 0.29) is 17.5 Å². The molecule has 0 atom stereocenters. The maximum absolute atomic E-state index is 12.7. The number of nitrogens with zero attached hydrogens (tertiary/aromatic N) is 1. The van der Waals surface area contributed by atoms with Gasteiger partial charge >= 0.3 is 0 Å². The summed E-state index contributed by atoms with van der Waals surface area (Å²) in [5, 5.41) is 3.11. The lowest BCUT2D eigenvalue weighted by molar-refractivity contribution is -0.135. The molecule has 6 nitrogen and oxygen atoms in total. The lowest BCUT2D eigenvalue weighted by atomic mass is 10.0. The van der Waals surface area contributed by atoms with Crippen molar-refractivity contribution in [3.63, 3.8) is 0 Å². The summed E-state index contributed by atoms with van der Waals surface area (Å²) in [6, 6.07) is 12.9. The van der Waals surface area contributed by atoms with E-state index in [1.54, 1.807) is 25.3 Å². The fourth-order valence-electron chi connectivity index (χ4n) is 2.99. The molecule has 6 heteroatoms. The van der Waals surface area contributed by atoms with Gasteiger partial charge in [0.1, 0.15) is 5.70 Å². The Bertz CT molecular complexity index is 916. The number of likely N-dealkylation sites (N-methyl/N-ethyl adjacent to an activating group) is 1. The molecule has 0 fully saturated rings. The second kappa shape index (κ2) is 7.53.